The maximum absolute atomic E-state index is 12.8. The molecule has 0 atom stereocenters. The molecule has 0 unspecified atom stereocenters. The van der Waals surface area contributed by atoms with Crippen LogP contribution in [-0.2, 0) is 28.6 Å². The number of allylic oxidation sites excluding steroid dienone is 28. The Morgan fingerprint density at radius 2 is 0.563 bits per heavy atom. The maximum Gasteiger partial charge on any atom is 0.306 e. The van der Waals surface area contributed by atoms with Crippen molar-refractivity contribution in [1.82, 2.24) is 0 Å². The third-order valence-corrected chi connectivity index (χ3v) is 10.7. The summed E-state index contributed by atoms with van der Waals surface area (Å²) >= 11 is 0. The summed E-state index contributed by atoms with van der Waals surface area (Å²) in [6.07, 6.45) is 85.0. The van der Waals surface area contributed by atoms with Crippen LogP contribution in [-0.4, -0.2) is 37.2 Å². The van der Waals surface area contributed by atoms with Crippen LogP contribution in [0.1, 0.15) is 201 Å². The second kappa shape index (κ2) is 57.3. The minimum atomic E-state index is -0.872. The molecule has 0 saturated heterocycles. The topological polar surface area (TPSA) is 78.9 Å². The van der Waals surface area contributed by atoms with Crippen molar-refractivity contribution in [3.05, 3.63) is 170 Å². The number of carbonyl (C=O) groups is 3. The lowest BCUT2D eigenvalue weighted by atomic mass is 10.2. The highest BCUT2D eigenvalue weighted by Crippen LogP contribution is 2.09. The highest BCUT2D eigenvalue weighted by atomic mass is 16.6. The minimum absolute atomic E-state index is 0.162. The molecule has 0 aliphatic heterocycles. The summed E-state index contributed by atoms with van der Waals surface area (Å²) in [4.78, 5) is 38.1. The molecule has 0 saturated carbocycles. The number of hydrogen-bond donors (Lipinski definition) is 0. The Morgan fingerprint density at radius 1 is 0.296 bits per heavy atom. The van der Waals surface area contributed by atoms with E-state index >= 15 is 0 Å². The van der Waals surface area contributed by atoms with Gasteiger partial charge in [0.1, 0.15) is 13.2 Å². The van der Waals surface area contributed by atoms with Gasteiger partial charge in [-0.3, -0.25) is 14.4 Å². The van der Waals surface area contributed by atoms with E-state index in [4.69, 9.17) is 14.2 Å². The van der Waals surface area contributed by atoms with Crippen molar-refractivity contribution in [1.29, 1.82) is 0 Å². The van der Waals surface area contributed by atoms with E-state index in [2.05, 4.69) is 179 Å². The molecule has 0 aliphatic rings. The molecule has 0 heterocycles. The van der Waals surface area contributed by atoms with Crippen LogP contribution in [0.2, 0.25) is 0 Å². The van der Waals surface area contributed by atoms with Gasteiger partial charge in [0.2, 0.25) is 0 Å². The molecule has 0 radical (unpaired) electrons. The maximum atomic E-state index is 12.8. The first-order valence-electron chi connectivity index (χ1n) is 27.6. The Morgan fingerprint density at radius 3 is 0.859 bits per heavy atom. The Bertz CT molecular complexity index is 1610. The summed E-state index contributed by atoms with van der Waals surface area (Å²) in [5.74, 6) is -1.17. The fourth-order valence-electron chi connectivity index (χ4n) is 6.57. The number of carbonyl (C=O) groups excluding carboxylic acids is 3. The van der Waals surface area contributed by atoms with E-state index in [1.54, 1.807) is 0 Å². The average Bonchev–Trinajstić information content (AvgIpc) is 3.37. The number of hydrogen-bond acceptors (Lipinski definition) is 6. The highest BCUT2D eigenvalue weighted by Gasteiger charge is 2.19. The summed E-state index contributed by atoms with van der Waals surface area (Å²) in [6, 6.07) is 0. The Balaban J connectivity index is 4.72. The molecule has 6 nitrogen and oxygen atoms in total. The number of rotatable bonds is 47. The smallest absolute Gasteiger partial charge is 0.306 e. The zero-order valence-corrected chi connectivity index (χ0v) is 44.9. The van der Waals surface area contributed by atoms with Crippen LogP contribution in [0.3, 0.4) is 0 Å². The molecule has 0 aromatic rings. The van der Waals surface area contributed by atoms with Crippen LogP contribution in [0.5, 0.6) is 0 Å². The predicted molar refractivity (Wildman–Crippen MR) is 306 cm³/mol. The molecule has 394 valence electrons. The van der Waals surface area contributed by atoms with Crippen molar-refractivity contribution < 1.29 is 28.6 Å². The molecular weight excluding hydrogens is 877 g/mol. The van der Waals surface area contributed by atoms with E-state index in [9.17, 15) is 14.4 Å². The molecule has 0 rings (SSSR count). The number of unbranched alkanes of at least 4 members (excludes halogenated alkanes) is 8. The molecule has 0 fully saturated rings. The van der Waals surface area contributed by atoms with Crippen molar-refractivity contribution in [2.75, 3.05) is 13.2 Å². The van der Waals surface area contributed by atoms with Gasteiger partial charge in [0.25, 0.3) is 0 Å². The Kier molecular flexibility index (Phi) is 53.1. The molecule has 0 aromatic heterocycles. The van der Waals surface area contributed by atoms with Gasteiger partial charge in [0.05, 0.1) is 0 Å². The highest BCUT2D eigenvalue weighted by molar-refractivity contribution is 5.71. The van der Waals surface area contributed by atoms with Crippen molar-refractivity contribution >= 4 is 17.9 Å². The van der Waals surface area contributed by atoms with Gasteiger partial charge in [0.15, 0.2) is 6.10 Å². The molecule has 6 heteroatoms. The predicted octanol–water partition coefficient (Wildman–Crippen LogP) is 18.8. The van der Waals surface area contributed by atoms with Gasteiger partial charge in [-0.05, 0) is 135 Å². The fraction of sp³-hybridized carbons (Fsp3) is 0.523. The van der Waals surface area contributed by atoms with Crippen LogP contribution < -0.4 is 0 Å². The first-order chi connectivity index (χ1) is 35.0. The van der Waals surface area contributed by atoms with E-state index in [1.807, 2.05) is 12.2 Å². The van der Waals surface area contributed by atoms with Gasteiger partial charge in [-0.1, -0.05) is 217 Å². The first-order valence-corrected chi connectivity index (χ1v) is 27.6. The van der Waals surface area contributed by atoms with Gasteiger partial charge >= 0.3 is 17.9 Å². The van der Waals surface area contributed by atoms with Gasteiger partial charge in [-0.25, -0.2) is 0 Å². The summed E-state index contributed by atoms with van der Waals surface area (Å²) in [6.45, 7) is 6.28. The average molecular weight is 975 g/mol. The molecule has 71 heavy (non-hydrogen) atoms. The van der Waals surface area contributed by atoms with Crippen LogP contribution in [0.25, 0.3) is 0 Å². The van der Waals surface area contributed by atoms with Gasteiger partial charge in [-0.2, -0.15) is 0 Å². The summed E-state index contributed by atoms with van der Waals surface area (Å²) in [5, 5.41) is 0. The minimum Gasteiger partial charge on any atom is -0.462 e. The van der Waals surface area contributed by atoms with E-state index in [-0.39, 0.29) is 44.4 Å². The van der Waals surface area contributed by atoms with Crippen molar-refractivity contribution in [2.45, 2.75) is 207 Å². The molecule has 0 spiro atoms. The lowest BCUT2D eigenvalue weighted by Gasteiger charge is -2.18. The SMILES string of the molecule is CC/C=C\C/C=C\C/C=C\C/C=C\C/C=C\C/C=C\CCC(=O)OC(COC(=O)CCC/C=C\C/C=C\C/C=C\C/C=C\CCCCC)COC(=O)CCC/C=C\C/C=C\C/C=C\C/C=C\CCCCC. The molecule has 0 amide bonds. The largest absolute Gasteiger partial charge is 0.462 e. The molecule has 0 bridgehead atoms. The molecule has 0 N–H and O–H groups in total. The van der Waals surface area contributed by atoms with Crippen LogP contribution in [0.15, 0.2) is 170 Å². The van der Waals surface area contributed by atoms with Crippen molar-refractivity contribution in [3.63, 3.8) is 0 Å². The quantitative estimate of drug-likeness (QED) is 0.0262. The van der Waals surface area contributed by atoms with Crippen molar-refractivity contribution in [3.8, 4) is 0 Å². The third kappa shape index (κ3) is 55.6. The number of ether oxygens (including phenoxy) is 3. The molecule has 0 aromatic carbocycles. The number of esters is 3. The third-order valence-electron chi connectivity index (χ3n) is 10.7. The van der Waals surface area contributed by atoms with Gasteiger partial charge in [-0.15, -0.1) is 0 Å². The standard InChI is InChI=1S/C65H98O6/c1-4-7-10-13-16-19-22-25-28-31-32-35-38-41-44-47-50-53-56-59-65(68)71-62(60-69-63(66)57-54-51-48-45-42-39-36-33-29-26-23-20-17-14-11-8-5-2)61-70-64(67)58-55-52-49-46-43-40-37-34-30-27-24-21-18-15-12-9-6-3/h7,10,16-21,25-30,32,35-37,39-41,44-46,48-50,53,62H,4-6,8-9,11-15,22-24,31,33-34,38,42-43,47,51-52,54-61H2,1-3H3/b10-7-,19-16-,20-17-,21-18-,28-25-,29-26-,30-27-,35-32-,39-36-,40-37-,44-41-,48-45-,49-46-,53-50-. The van der Waals surface area contributed by atoms with Crippen LogP contribution in [0.4, 0.5) is 0 Å². The van der Waals surface area contributed by atoms with E-state index < -0.39 is 12.1 Å². The Labute approximate surface area is 434 Å². The van der Waals surface area contributed by atoms with Crippen LogP contribution >= 0.6 is 0 Å². The zero-order chi connectivity index (χ0) is 51.4. The summed E-state index contributed by atoms with van der Waals surface area (Å²) in [5.41, 5.74) is 0. The second-order valence-electron chi connectivity index (χ2n) is 17.4. The lowest BCUT2D eigenvalue weighted by Crippen LogP contribution is -2.30. The van der Waals surface area contributed by atoms with Gasteiger partial charge < -0.3 is 14.2 Å². The first kappa shape index (κ1) is 65.8. The lowest BCUT2D eigenvalue weighted by molar-refractivity contribution is -0.166. The monoisotopic (exact) mass is 975 g/mol. The molecule has 0 aliphatic carbocycles. The second-order valence-corrected chi connectivity index (χ2v) is 17.4. The zero-order valence-electron chi connectivity index (χ0n) is 44.9. The Hall–Kier alpha value is -5.23. The van der Waals surface area contributed by atoms with Crippen molar-refractivity contribution in [2.24, 2.45) is 0 Å². The fourth-order valence-corrected chi connectivity index (χ4v) is 6.57. The van der Waals surface area contributed by atoms with E-state index in [1.165, 1.54) is 51.4 Å². The van der Waals surface area contributed by atoms with E-state index in [0.29, 0.717) is 19.3 Å². The van der Waals surface area contributed by atoms with Gasteiger partial charge in [0, 0.05) is 19.3 Å². The van der Waals surface area contributed by atoms with Crippen LogP contribution in [0, 0.1) is 0 Å². The molecular formula is C65H98O6. The normalized spacial score (nSPS) is 13.1. The van der Waals surface area contributed by atoms with E-state index in [0.717, 1.165) is 89.9 Å². The summed E-state index contributed by atoms with van der Waals surface area (Å²) < 4.78 is 16.7. The summed E-state index contributed by atoms with van der Waals surface area (Å²) in [7, 11) is 0.